The van der Waals surface area contributed by atoms with Crippen molar-refractivity contribution in [1.29, 1.82) is 0 Å². The van der Waals surface area contributed by atoms with Crippen molar-refractivity contribution in [2.75, 3.05) is 26.7 Å². The maximum atomic E-state index is 5.89. The highest BCUT2D eigenvalue weighted by Crippen LogP contribution is 2.24. The van der Waals surface area contributed by atoms with Crippen molar-refractivity contribution >= 4 is 0 Å². The van der Waals surface area contributed by atoms with Crippen LogP contribution < -0.4 is 5.32 Å². The maximum absolute atomic E-state index is 5.89. The fourth-order valence-electron chi connectivity index (χ4n) is 1.75. The summed E-state index contributed by atoms with van der Waals surface area (Å²) >= 11 is 0. The lowest BCUT2D eigenvalue weighted by Crippen LogP contribution is -2.35. The molecule has 3 nitrogen and oxygen atoms in total. The lowest BCUT2D eigenvalue weighted by molar-refractivity contribution is 0.0371. The summed E-state index contributed by atoms with van der Waals surface area (Å²) < 4.78 is 5.89. The van der Waals surface area contributed by atoms with E-state index in [0.717, 1.165) is 32.2 Å². The largest absolute Gasteiger partial charge is 0.376 e. The number of hydrogen-bond acceptors (Lipinski definition) is 3. The predicted molar refractivity (Wildman–Crippen MR) is 68.8 cm³/mol. The van der Waals surface area contributed by atoms with Crippen LogP contribution in [0.25, 0.3) is 0 Å². The van der Waals surface area contributed by atoms with Crippen LogP contribution in [0.1, 0.15) is 40.0 Å². The minimum atomic E-state index is 0.370. The Balaban J connectivity index is 2.03. The second kappa shape index (κ2) is 7.25. The first-order valence-corrected chi connectivity index (χ1v) is 6.68. The SMILES string of the molecule is CCC(CNC(C)C)OCCN(C)C1CC1. The molecule has 0 aromatic heterocycles. The third-order valence-electron chi connectivity index (χ3n) is 3.18. The molecular formula is C13H28N2O. The van der Waals surface area contributed by atoms with E-state index < -0.39 is 0 Å². The topological polar surface area (TPSA) is 24.5 Å². The molecule has 96 valence electrons. The molecule has 1 unspecified atom stereocenters. The first-order valence-electron chi connectivity index (χ1n) is 6.68. The Morgan fingerprint density at radius 2 is 2.06 bits per heavy atom. The standard InChI is InChI=1S/C13H28N2O/c1-5-13(10-14-11(2)3)16-9-8-15(4)12-6-7-12/h11-14H,5-10H2,1-4H3. The van der Waals surface area contributed by atoms with Crippen molar-refractivity contribution in [2.24, 2.45) is 0 Å². The minimum Gasteiger partial charge on any atom is -0.376 e. The summed E-state index contributed by atoms with van der Waals surface area (Å²) in [4.78, 5) is 2.42. The van der Waals surface area contributed by atoms with Crippen LogP contribution in [0, 0.1) is 0 Å². The normalized spacial score (nSPS) is 18.4. The van der Waals surface area contributed by atoms with Crippen LogP contribution in [-0.4, -0.2) is 49.8 Å². The van der Waals surface area contributed by atoms with Gasteiger partial charge in [-0.15, -0.1) is 0 Å². The zero-order valence-electron chi connectivity index (χ0n) is 11.3. The second-order valence-electron chi connectivity index (χ2n) is 5.18. The van der Waals surface area contributed by atoms with E-state index in [9.17, 15) is 0 Å². The Bertz CT molecular complexity index is 181. The van der Waals surface area contributed by atoms with Crippen molar-refractivity contribution in [2.45, 2.75) is 58.2 Å². The predicted octanol–water partition coefficient (Wildman–Crippen LogP) is 1.87. The first-order chi connectivity index (χ1) is 7.63. The summed E-state index contributed by atoms with van der Waals surface area (Å²) in [5.41, 5.74) is 0. The fourth-order valence-corrected chi connectivity index (χ4v) is 1.75. The Labute approximate surface area is 101 Å². The minimum absolute atomic E-state index is 0.370. The quantitative estimate of drug-likeness (QED) is 0.652. The monoisotopic (exact) mass is 228 g/mol. The summed E-state index contributed by atoms with van der Waals surface area (Å²) in [6, 6.07) is 1.39. The average molecular weight is 228 g/mol. The van der Waals surface area contributed by atoms with Crippen LogP contribution in [-0.2, 0) is 4.74 Å². The van der Waals surface area contributed by atoms with Gasteiger partial charge in [-0.1, -0.05) is 20.8 Å². The summed E-state index contributed by atoms with van der Waals surface area (Å²) in [6.07, 6.45) is 4.22. The average Bonchev–Trinajstić information content (AvgIpc) is 3.06. The van der Waals surface area contributed by atoms with Gasteiger partial charge in [0.25, 0.3) is 0 Å². The zero-order chi connectivity index (χ0) is 12.0. The summed E-state index contributed by atoms with van der Waals surface area (Å²) in [5.74, 6) is 0. The molecule has 16 heavy (non-hydrogen) atoms. The van der Waals surface area contributed by atoms with Crippen LogP contribution in [0.2, 0.25) is 0 Å². The maximum Gasteiger partial charge on any atom is 0.0697 e. The van der Waals surface area contributed by atoms with Gasteiger partial charge in [0.1, 0.15) is 0 Å². The van der Waals surface area contributed by atoms with E-state index in [1.54, 1.807) is 0 Å². The lowest BCUT2D eigenvalue weighted by Gasteiger charge is -2.21. The van der Waals surface area contributed by atoms with Crippen molar-refractivity contribution in [1.82, 2.24) is 10.2 Å². The van der Waals surface area contributed by atoms with Crippen LogP contribution in [0.3, 0.4) is 0 Å². The molecule has 1 saturated carbocycles. The molecule has 0 heterocycles. The molecule has 0 spiro atoms. The van der Waals surface area contributed by atoms with Gasteiger partial charge in [0, 0.05) is 25.2 Å². The molecule has 0 amide bonds. The van der Waals surface area contributed by atoms with Crippen LogP contribution >= 0.6 is 0 Å². The molecule has 0 aromatic rings. The van der Waals surface area contributed by atoms with Gasteiger partial charge in [0.15, 0.2) is 0 Å². The molecule has 0 bridgehead atoms. The highest BCUT2D eigenvalue weighted by molar-refractivity contribution is 4.82. The third-order valence-corrected chi connectivity index (χ3v) is 3.18. The molecule has 1 fully saturated rings. The molecule has 0 aromatic carbocycles. The van der Waals surface area contributed by atoms with E-state index in [1.165, 1.54) is 12.8 Å². The molecule has 1 rings (SSSR count). The van der Waals surface area contributed by atoms with Crippen LogP contribution in [0.4, 0.5) is 0 Å². The molecule has 0 saturated heterocycles. The zero-order valence-corrected chi connectivity index (χ0v) is 11.3. The van der Waals surface area contributed by atoms with Gasteiger partial charge in [-0.05, 0) is 26.3 Å². The molecule has 1 aliphatic rings. The van der Waals surface area contributed by atoms with Gasteiger partial charge in [-0.25, -0.2) is 0 Å². The Kier molecular flexibility index (Phi) is 6.32. The van der Waals surface area contributed by atoms with Gasteiger partial charge in [0.05, 0.1) is 12.7 Å². The number of ether oxygens (including phenoxy) is 1. The van der Waals surface area contributed by atoms with E-state index in [4.69, 9.17) is 4.74 Å². The molecule has 1 aliphatic carbocycles. The van der Waals surface area contributed by atoms with E-state index in [0.29, 0.717) is 12.1 Å². The van der Waals surface area contributed by atoms with Gasteiger partial charge in [-0.3, -0.25) is 0 Å². The first kappa shape index (κ1) is 13.9. The number of hydrogen-bond donors (Lipinski definition) is 1. The second-order valence-corrected chi connectivity index (χ2v) is 5.18. The van der Waals surface area contributed by atoms with Gasteiger partial charge >= 0.3 is 0 Å². The smallest absolute Gasteiger partial charge is 0.0697 e. The molecule has 3 heteroatoms. The number of likely N-dealkylation sites (N-methyl/N-ethyl adjacent to an activating group) is 1. The van der Waals surface area contributed by atoms with E-state index in [2.05, 4.69) is 38.0 Å². The van der Waals surface area contributed by atoms with Gasteiger partial charge in [-0.2, -0.15) is 0 Å². The van der Waals surface area contributed by atoms with E-state index in [-0.39, 0.29) is 0 Å². The molecule has 0 aliphatic heterocycles. The lowest BCUT2D eigenvalue weighted by atomic mass is 10.2. The van der Waals surface area contributed by atoms with Gasteiger partial charge in [0.2, 0.25) is 0 Å². The third kappa shape index (κ3) is 5.83. The molecule has 1 atom stereocenters. The highest BCUT2D eigenvalue weighted by Gasteiger charge is 2.25. The Morgan fingerprint density at radius 1 is 1.38 bits per heavy atom. The fraction of sp³-hybridized carbons (Fsp3) is 1.00. The number of nitrogens with zero attached hydrogens (tertiary/aromatic N) is 1. The number of nitrogens with one attached hydrogen (secondary N) is 1. The Morgan fingerprint density at radius 3 is 2.56 bits per heavy atom. The summed E-state index contributed by atoms with van der Waals surface area (Å²) in [6.45, 7) is 9.45. The van der Waals surface area contributed by atoms with E-state index in [1.807, 2.05) is 0 Å². The summed E-state index contributed by atoms with van der Waals surface area (Å²) in [5, 5.41) is 3.43. The van der Waals surface area contributed by atoms with Crippen molar-refractivity contribution in [3.8, 4) is 0 Å². The highest BCUT2D eigenvalue weighted by atomic mass is 16.5. The summed E-state index contributed by atoms with van der Waals surface area (Å²) in [7, 11) is 2.20. The molecule has 1 N–H and O–H groups in total. The van der Waals surface area contributed by atoms with Crippen LogP contribution in [0.15, 0.2) is 0 Å². The van der Waals surface area contributed by atoms with Crippen molar-refractivity contribution < 1.29 is 4.74 Å². The van der Waals surface area contributed by atoms with Crippen molar-refractivity contribution in [3.63, 3.8) is 0 Å². The van der Waals surface area contributed by atoms with Crippen LogP contribution in [0.5, 0.6) is 0 Å². The van der Waals surface area contributed by atoms with Gasteiger partial charge < -0.3 is 15.0 Å². The Hall–Kier alpha value is -0.120. The molecule has 0 radical (unpaired) electrons. The number of rotatable bonds is 9. The van der Waals surface area contributed by atoms with Crippen molar-refractivity contribution in [3.05, 3.63) is 0 Å². The molecular weight excluding hydrogens is 200 g/mol. The van der Waals surface area contributed by atoms with E-state index >= 15 is 0 Å².